The van der Waals surface area contributed by atoms with E-state index in [1.165, 1.54) is 18.2 Å². The highest BCUT2D eigenvalue weighted by Gasteiger charge is 2.09. The number of nitrogens with zero attached hydrogens (tertiary/aromatic N) is 1. The van der Waals surface area contributed by atoms with Gasteiger partial charge in [-0.2, -0.15) is 5.26 Å². The molecule has 3 nitrogen and oxygen atoms in total. The molecule has 0 saturated heterocycles. The molecular weight excluding hydrogens is 255 g/mol. The third kappa shape index (κ3) is 3.21. The van der Waals surface area contributed by atoms with E-state index in [2.05, 4.69) is 5.32 Å². The van der Waals surface area contributed by atoms with Crippen LogP contribution in [0.15, 0.2) is 42.5 Å². The van der Waals surface area contributed by atoms with Crippen LogP contribution in [0.3, 0.4) is 0 Å². The molecule has 0 heterocycles. The summed E-state index contributed by atoms with van der Waals surface area (Å²) in [6.45, 7) is 2.06. The van der Waals surface area contributed by atoms with Crippen LogP contribution in [0.1, 0.15) is 27.0 Å². The fourth-order valence-corrected chi connectivity index (χ4v) is 1.86. The number of carbonyl (C=O) groups is 1. The zero-order chi connectivity index (χ0) is 14.5. The van der Waals surface area contributed by atoms with E-state index < -0.39 is 0 Å². The molecule has 0 spiro atoms. The van der Waals surface area contributed by atoms with Crippen molar-refractivity contribution in [1.82, 2.24) is 5.32 Å². The number of nitrogens with one attached hydrogen (secondary N) is 1. The molecule has 0 aromatic heterocycles. The highest BCUT2D eigenvalue weighted by molar-refractivity contribution is 5.95. The van der Waals surface area contributed by atoms with Crippen LogP contribution in [0.5, 0.6) is 0 Å². The topological polar surface area (TPSA) is 52.9 Å². The Labute approximate surface area is 116 Å². The summed E-state index contributed by atoms with van der Waals surface area (Å²) in [7, 11) is 0. The van der Waals surface area contributed by atoms with Crippen molar-refractivity contribution < 1.29 is 9.18 Å². The van der Waals surface area contributed by atoms with Crippen molar-refractivity contribution in [2.45, 2.75) is 13.5 Å². The number of rotatable bonds is 3. The number of nitriles is 1. The van der Waals surface area contributed by atoms with Crippen LogP contribution in [0.25, 0.3) is 0 Å². The maximum atomic E-state index is 13.0. The molecule has 1 N–H and O–H groups in total. The normalized spacial score (nSPS) is 9.85. The first-order valence-electron chi connectivity index (χ1n) is 6.13. The largest absolute Gasteiger partial charge is 0.348 e. The minimum absolute atomic E-state index is 0.244. The Hall–Kier alpha value is -2.67. The molecule has 2 aromatic rings. The second-order valence-electron chi connectivity index (χ2n) is 4.45. The van der Waals surface area contributed by atoms with Crippen molar-refractivity contribution in [2.24, 2.45) is 0 Å². The van der Waals surface area contributed by atoms with Crippen LogP contribution in [-0.4, -0.2) is 5.91 Å². The molecule has 0 aliphatic carbocycles. The van der Waals surface area contributed by atoms with E-state index >= 15 is 0 Å². The van der Waals surface area contributed by atoms with Gasteiger partial charge in [0.05, 0.1) is 11.6 Å². The van der Waals surface area contributed by atoms with Crippen LogP contribution >= 0.6 is 0 Å². The molecule has 1 amide bonds. The lowest BCUT2D eigenvalue weighted by molar-refractivity contribution is 0.0950. The SMILES string of the molecule is Cc1cc(F)ccc1C(=O)NCc1ccc(C#N)cc1. The predicted molar refractivity (Wildman–Crippen MR) is 73.5 cm³/mol. The number of aryl methyl sites for hydroxylation is 1. The zero-order valence-corrected chi connectivity index (χ0v) is 11.0. The van der Waals surface area contributed by atoms with Gasteiger partial charge in [0.15, 0.2) is 0 Å². The Bertz CT molecular complexity index is 672. The summed E-state index contributed by atoms with van der Waals surface area (Å²) in [5.41, 5.74) is 2.54. The first kappa shape index (κ1) is 13.8. The quantitative estimate of drug-likeness (QED) is 0.930. The number of benzene rings is 2. The minimum atomic E-state index is -0.355. The van der Waals surface area contributed by atoms with Crippen LogP contribution < -0.4 is 5.32 Å². The smallest absolute Gasteiger partial charge is 0.251 e. The van der Waals surface area contributed by atoms with Gasteiger partial charge in [0.25, 0.3) is 5.91 Å². The molecule has 0 aliphatic rings. The van der Waals surface area contributed by atoms with Crippen LogP contribution in [-0.2, 0) is 6.54 Å². The Morgan fingerprint density at radius 1 is 1.25 bits per heavy atom. The Balaban J connectivity index is 2.03. The molecule has 4 heteroatoms. The average Bonchev–Trinajstić information content (AvgIpc) is 2.45. The predicted octanol–water partition coefficient (Wildman–Crippen LogP) is 2.94. The second kappa shape index (κ2) is 5.98. The molecule has 2 aromatic carbocycles. The van der Waals surface area contributed by atoms with Crippen molar-refractivity contribution in [3.8, 4) is 6.07 Å². The summed E-state index contributed by atoms with van der Waals surface area (Å²) in [5.74, 6) is -0.599. The maximum Gasteiger partial charge on any atom is 0.251 e. The van der Waals surface area contributed by atoms with Gasteiger partial charge in [0, 0.05) is 12.1 Å². The highest BCUT2D eigenvalue weighted by atomic mass is 19.1. The monoisotopic (exact) mass is 268 g/mol. The van der Waals surface area contributed by atoms with Crippen molar-refractivity contribution >= 4 is 5.91 Å². The number of hydrogen-bond donors (Lipinski definition) is 1. The lowest BCUT2D eigenvalue weighted by Gasteiger charge is -2.08. The zero-order valence-electron chi connectivity index (χ0n) is 11.0. The van der Waals surface area contributed by atoms with E-state index in [-0.39, 0.29) is 11.7 Å². The number of amides is 1. The Morgan fingerprint density at radius 3 is 2.55 bits per heavy atom. The number of hydrogen-bond acceptors (Lipinski definition) is 2. The van der Waals surface area contributed by atoms with Gasteiger partial charge in [-0.05, 0) is 48.4 Å². The molecule has 0 aliphatic heterocycles. The second-order valence-corrected chi connectivity index (χ2v) is 4.45. The average molecular weight is 268 g/mol. The number of halogens is 1. The molecular formula is C16H13FN2O. The molecule has 0 atom stereocenters. The van der Waals surface area contributed by atoms with Gasteiger partial charge < -0.3 is 5.32 Å². The first-order chi connectivity index (χ1) is 9.60. The van der Waals surface area contributed by atoms with E-state index in [1.54, 1.807) is 31.2 Å². The third-order valence-corrected chi connectivity index (χ3v) is 2.97. The van der Waals surface area contributed by atoms with Crippen LogP contribution in [0, 0.1) is 24.1 Å². The van der Waals surface area contributed by atoms with Crippen molar-refractivity contribution in [3.63, 3.8) is 0 Å². The van der Waals surface area contributed by atoms with Gasteiger partial charge in [-0.3, -0.25) is 4.79 Å². The summed E-state index contributed by atoms with van der Waals surface area (Å²) in [5, 5.41) is 11.5. The van der Waals surface area contributed by atoms with Crippen molar-refractivity contribution in [1.29, 1.82) is 5.26 Å². The fourth-order valence-electron chi connectivity index (χ4n) is 1.86. The minimum Gasteiger partial charge on any atom is -0.348 e. The Morgan fingerprint density at radius 2 is 1.95 bits per heavy atom. The van der Waals surface area contributed by atoms with Crippen molar-refractivity contribution in [2.75, 3.05) is 0 Å². The summed E-state index contributed by atoms with van der Waals surface area (Å²) >= 11 is 0. The molecule has 0 unspecified atom stereocenters. The van der Waals surface area contributed by atoms with Crippen LogP contribution in [0.4, 0.5) is 4.39 Å². The molecule has 0 fully saturated rings. The van der Waals surface area contributed by atoms with E-state index in [0.717, 1.165) is 5.56 Å². The lowest BCUT2D eigenvalue weighted by Crippen LogP contribution is -2.23. The molecule has 0 bridgehead atoms. The van der Waals surface area contributed by atoms with E-state index in [1.807, 2.05) is 6.07 Å². The molecule has 100 valence electrons. The van der Waals surface area contributed by atoms with Gasteiger partial charge in [0.2, 0.25) is 0 Å². The fraction of sp³-hybridized carbons (Fsp3) is 0.125. The van der Waals surface area contributed by atoms with Crippen molar-refractivity contribution in [3.05, 3.63) is 70.5 Å². The van der Waals surface area contributed by atoms with Crippen LogP contribution in [0.2, 0.25) is 0 Å². The molecule has 0 saturated carbocycles. The summed E-state index contributed by atoms with van der Waals surface area (Å²) in [4.78, 5) is 12.0. The van der Waals surface area contributed by atoms with Gasteiger partial charge in [-0.1, -0.05) is 12.1 Å². The third-order valence-electron chi connectivity index (χ3n) is 2.97. The summed E-state index contributed by atoms with van der Waals surface area (Å²) in [6, 6.07) is 13.1. The van der Waals surface area contributed by atoms with Gasteiger partial charge >= 0.3 is 0 Å². The number of carbonyl (C=O) groups excluding carboxylic acids is 1. The standard InChI is InChI=1S/C16H13FN2O/c1-11-8-14(17)6-7-15(11)16(20)19-10-13-4-2-12(9-18)3-5-13/h2-8H,10H2,1H3,(H,19,20). The summed E-state index contributed by atoms with van der Waals surface area (Å²) < 4.78 is 13.0. The lowest BCUT2D eigenvalue weighted by atomic mass is 10.1. The molecule has 20 heavy (non-hydrogen) atoms. The molecule has 2 rings (SSSR count). The maximum absolute atomic E-state index is 13.0. The van der Waals surface area contributed by atoms with Gasteiger partial charge in [0.1, 0.15) is 5.82 Å². The van der Waals surface area contributed by atoms with E-state index in [4.69, 9.17) is 5.26 Å². The van der Waals surface area contributed by atoms with E-state index in [0.29, 0.717) is 23.2 Å². The Kier molecular flexibility index (Phi) is 4.11. The highest BCUT2D eigenvalue weighted by Crippen LogP contribution is 2.10. The summed E-state index contributed by atoms with van der Waals surface area (Å²) in [6.07, 6.45) is 0. The molecule has 0 radical (unpaired) electrons. The van der Waals surface area contributed by atoms with Gasteiger partial charge in [-0.25, -0.2) is 4.39 Å². The van der Waals surface area contributed by atoms with E-state index in [9.17, 15) is 9.18 Å². The first-order valence-corrected chi connectivity index (χ1v) is 6.13. The van der Waals surface area contributed by atoms with Gasteiger partial charge in [-0.15, -0.1) is 0 Å².